The van der Waals surface area contributed by atoms with Gasteiger partial charge in [-0.25, -0.2) is 9.78 Å². The average Bonchev–Trinajstić information content (AvgIpc) is 2.87. The number of nitrogens with zero attached hydrogens (tertiary/aromatic N) is 2. The number of nitrogen functional groups attached to an aromatic ring is 1. The third-order valence-electron chi connectivity index (χ3n) is 3.23. The van der Waals surface area contributed by atoms with E-state index in [1.807, 2.05) is 31.2 Å². The largest absolute Gasteiger partial charge is 0.497 e. The summed E-state index contributed by atoms with van der Waals surface area (Å²) in [6.45, 7) is 1.97. The summed E-state index contributed by atoms with van der Waals surface area (Å²) in [5.41, 5.74) is 7.11. The van der Waals surface area contributed by atoms with Crippen LogP contribution < -0.4 is 10.5 Å². The third kappa shape index (κ3) is 2.45. The second-order valence-corrected chi connectivity index (χ2v) is 4.33. The van der Waals surface area contributed by atoms with Crippen LogP contribution in [0.5, 0.6) is 5.75 Å². The molecule has 0 saturated carbocycles. The lowest BCUT2D eigenvalue weighted by molar-refractivity contribution is 0.0596. The van der Waals surface area contributed by atoms with Crippen molar-refractivity contribution in [2.75, 3.05) is 20.0 Å². The summed E-state index contributed by atoms with van der Waals surface area (Å²) >= 11 is 0. The molecule has 1 aromatic heterocycles. The highest BCUT2D eigenvalue weighted by molar-refractivity contribution is 5.92. The Balaban J connectivity index is 2.30. The average molecular weight is 275 g/mol. The summed E-state index contributed by atoms with van der Waals surface area (Å²) in [6, 6.07) is 7.59. The number of rotatable bonds is 4. The number of benzene rings is 1. The van der Waals surface area contributed by atoms with Crippen LogP contribution in [0.1, 0.15) is 29.0 Å². The molecule has 2 aromatic rings. The van der Waals surface area contributed by atoms with Crippen molar-refractivity contribution < 1.29 is 14.3 Å². The van der Waals surface area contributed by atoms with E-state index in [4.69, 9.17) is 10.5 Å². The predicted octanol–water partition coefficient (Wildman–Crippen LogP) is 1.87. The van der Waals surface area contributed by atoms with Gasteiger partial charge in [-0.15, -0.1) is 0 Å². The maximum absolute atomic E-state index is 11.5. The first-order chi connectivity index (χ1) is 9.58. The van der Waals surface area contributed by atoms with Gasteiger partial charge in [0.15, 0.2) is 5.69 Å². The van der Waals surface area contributed by atoms with Crippen LogP contribution in [0, 0.1) is 0 Å². The second-order valence-electron chi connectivity index (χ2n) is 4.33. The molecule has 0 bridgehead atoms. The Morgan fingerprint density at radius 2 is 1.95 bits per heavy atom. The molecule has 6 nitrogen and oxygen atoms in total. The Bertz CT molecular complexity index is 605. The zero-order valence-electron chi connectivity index (χ0n) is 11.7. The normalized spacial score (nSPS) is 11.9. The number of esters is 1. The number of aromatic nitrogens is 2. The maximum atomic E-state index is 11.5. The molecule has 1 unspecified atom stereocenters. The van der Waals surface area contributed by atoms with E-state index >= 15 is 0 Å². The topological polar surface area (TPSA) is 79.4 Å². The molecule has 1 heterocycles. The molecule has 0 spiro atoms. The van der Waals surface area contributed by atoms with Crippen molar-refractivity contribution in [1.82, 2.24) is 9.55 Å². The maximum Gasteiger partial charge on any atom is 0.360 e. The quantitative estimate of drug-likeness (QED) is 0.862. The SMILES string of the molecule is COC(=O)c1ncn(C(C)c2ccc(OC)cc2)c1N. The molecular formula is C14H17N3O3. The summed E-state index contributed by atoms with van der Waals surface area (Å²) in [7, 11) is 2.92. The lowest BCUT2D eigenvalue weighted by Gasteiger charge is -2.15. The molecule has 20 heavy (non-hydrogen) atoms. The first kappa shape index (κ1) is 13.9. The minimum absolute atomic E-state index is 0.0492. The Hall–Kier alpha value is -2.50. The van der Waals surface area contributed by atoms with Gasteiger partial charge < -0.3 is 19.8 Å². The molecule has 2 rings (SSSR count). The zero-order valence-corrected chi connectivity index (χ0v) is 11.7. The Kier molecular flexibility index (Phi) is 3.93. The number of ether oxygens (including phenoxy) is 2. The highest BCUT2D eigenvalue weighted by atomic mass is 16.5. The van der Waals surface area contributed by atoms with Crippen molar-refractivity contribution in [1.29, 1.82) is 0 Å². The number of hydrogen-bond donors (Lipinski definition) is 1. The molecule has 6 heteroatoms. The van der Waals surface area contributed by atoms with Gasteiger partial charge in [-0.1, -0.05) is 12.1 Å². The summed E-state index contributed by atoms with van der Waals surface area (Å²) in [4.78, 5) is 15.5. The van der Waals surface area contributed by atoms with Crippen molar-refractivity contribution in [2.45, 2.75) is 13.0 Å². The number of hydrogen-bond acceptors (Lipinski definition) is 5. The molecule has 0 aliphatic rings. The summed E-state index contributed by atoms with van der Waals surface area (Å²) in [5.74, 6) is 0.540. The van der Waals surface area contributed by atoms with E-state index in [1.165, 1.54) is 13.4 Å². The number of methoxy groups -OCH3 is 2. The lowest BCUT2D eigenvalue weighted by Crippen LogP contribution is -2.11. The van der Waals surface area contributed by atoms with Crippen molar-refractivity contribution in [2.24, 2.45) is 0 Å². The van der Waals surface area contributed by atoms with Crippen molar-refractivity contribution in [3.8, 4) is 5.75 Å². The van der Waals surface area contributed by atoms with E-state index in [9.17, 15) is 4.79 Å². The summed E-state index contributed by atoms with van der Waals surface area (Å²) in [6.07, 6.45) is 1.54. The molecule has 1 aromatic carbocycles. The van der Waals surface area contributed by atoms with Gasteiger partial charge in [-0.05, 0) is 24.6 Å². The van der Waals surface area contributed by atoms with Crippen LogP contribution >= 0.6 is 0 Å². The first-order valence-electron chi connectivity index (χ1n) is 6.13. The number of nitrogens with two attached hydrogens (primary N) is 1. The van der Waals surface area contributed by atoms with Gasteiger partial charge in [0.1, 0.15) is 11.6 Å². The fourth-order valence-corrected chi connectivity index (χ4v) is 1.98. The van der Waals surface area contributed by atoms with Crippen molar-refractivity contribution in [3.63, 3.8) is 0 Å². The molecule has 1 atom stereocenters. The number of carbonyl (C=O) groups excluding carboxylic acids is 1. The van der Waals surface area contributed by atoms with Gasteiger partial charge in [-0.2, -0.15) is 0 Å². The van der Waals surface area contributed by atoms with Crippen LogP contribution in [0.25, 0.3) is 0 Å². The van der Waals surface area contributed by atoms with E-state index in [-0.39, 0.29) is 11.7 Å². The Morgan fingerprint density at radius 3 is 2.50 bits per heavy atom. The molecule has 106 valence electrons. The van der Waals surface area contributed by atoms with Gasteiger partial charge in [0.25, 0.3) is 0 Å². The van der Waals surface area contributed by atoms with Gasteiger partial charge in [0, 0.05) is 0 Å². The highest BCUT2D eigenvalue weighted by Crippen LogP contribution is 2.24. The van der Waals surface area contributed by atoms with E-state index in [0.717, 1.165) is 11.3 Å². The Morgan fingerprint density at radius 1 is 1.30 bits per heavy atom. The number of anilines is 1. The fraction of sp³-hybridized carbons (Fsp3) is 0.286. The summed E-state index contributed by atoms with van der Waals surface area (Å²) in [5, 5.41) is 0. The van der Waals surface area contributed by atoms with Crippen molar-refractivity contribution in [3.05, 3.63) is 41.9 Å². The van der Waals surface area contributed by atoms with Crippen LogP contribution in [0.2, 0.25) is 0 Å². The van der Waals surface area contributed by atoms with Crippen LogP contribution in [0.15, 0.2) is 30.6 Å². The van der Waals surface area contributed by atoms with Crippen LogP contribution in [-0.4, -0.2) is 29.7 Å². The molecule has 0 radical (unpaired) electrons. The van der Waals surface area contributed by atoms with Crippen LogP contribution in [0.4, 0.5) is 5.82 Å². The molecule has 0 saturated heterocycles. The molecule has 2 N–H and O–H groups in total. The fourth-order valence-electron chi connectivity index (χ4n) is 1.98. The van der Waals surface area contributed by atoms with E-state index in [1.54, 1.807) is 11.7 Å². The highest BCUT2D eigenvalue weighted by Gasteiger charge is 2.19. The standard InChI is InChI=1S/C14H17N3O3/c1-9(10-4-6-11(19-2)7-5-10)17-8-16-12(13(17)15)14(18)20-3/h4-9H,15H2,1-3H3. The van der Waals surface area contributed by atoms with Gasteiger partial charge in [0.2, 0.25) is 0 Å². The van der Waals surface area contributed by atoms with Gasteiger partial charge in [0.05, 0.1) is 26.6 Å². The second kappa shape index (κ2) is 5.64. The molecular weight excluding hydrogens is 258 g/mol. The van der Waals surface area contributed by atoms with Crippen molar-refractivity contribution >= 4 is 11.8 Å². The monoisotopic (exact) mass is 275 g/mol. The Labute approximate surface area is 117 Å². The molecule has 0 aliphatic heterocycles. The van der Waals surface area contributed by atoms with Gasteiger partial charge in [-0.3, -0.25) is 0 Å². The van der Waals surface area contributed by atoms with E-state index in [2.05, 4.69) is 9.72 Å². The lowest BCUT2D eigenvalue weighted by atomic mass is 10.1. The van der Waals surface area contributed by atoms with E-state index in [0.29, 0.717) is 5.82 Å². The van der Waals surface area contributed by atoms with Crippen LogP contribution in [0.3, 0.4) is 0 Å². The predicted molar refractivity (Wildman–Crippen MR) is 74.8 cm³/mol. The molecule has 0 fully saturated rings. The van der Waals surface area contributed by atoms with E-state index < -0.39 is 5.97 Å². The number of imidazole rings is 1. The smallest absolute Gasteiger partial charge is 0.360 e. The van der Waals surface area contributed by atoms with Crippen LogP contribution in [-0.2, 0) is 4.74 Å². The minimum Gasteiger partial charge on any atom is -0.497 e. The number of carbonyl (C=O) groups is 1. The first-order valence-corrected chi connectivity index (χ1v) is 6.13. The third-order valence-corrected chi connectivity index (χ3v) is 3.23. The molecule has 0 aliphatic carbocycles. The van der Waals surface area contributed by atoms with Gasteiger partial charge >= 0.3 is 5.97 Å². The minimum atomic E-state index is -0.539. The molecule has 0 amide bonds. The zero-order chi connectivity index (χ0) is 14.7. The summed E-state index contributed by atoms with van der Waals surface area (Å²) < 4.78 is 11.5.